The molecule has 2 atom stereocenters. The molecule has 0 radical (unpaired) electrons. The molecule has 0 aromatic rings. The molecule has 0 rings (SSSR count). The predicted octanol–water partition coefficient (Wildman–Crippen LogP) is 1.13. The van der Waals surface area contributed by atoms with Crippen LogP contribution in [0, 0.1) is 5.41 Å². The van der Waals surface area contributed by atoms with Gasteiger partial charge in [-0.25, -0.2) is 9.59 Å². The van der Waals surface area contributed by atoms with E-state index < -0.39 is 35.5 Å². The van der Waals surface area contributed by atoms with Crippen LogP contribution < -0.4 is 10.6 Å². The second-order valence-corrected chi connectivity index (χ2v) is 5.61. The van der Waals surface area contributed by atoms with Gasteiger partial charge in [-0.1, -0.05) is 20.8 Å². The van der Waals surface area contributed by atoms with E-state index in [-0.39, 0.29) is 13.0 Å². The number of ether oxygens (including phenoxy) is 1. The lowest BCUT2D eigenvalue weighted by Gasteiger charge is -2.30. The molecule has 0 spiro atoms. The van der Waals surface area contributed by atoms with Gasteiger partial charge in [0.2, 0.25) is 0 Å². The first-order chi connectivity index (χ1) is 9.07. The molecule has 3 N–H and O–H groups in total. The van der Waals surface area contributed by atoms with Crippen molar-refractivity contribution in [3.8, 4) is 0 Å². The van der Waals surface area contributed by atoms with Crippen molar-refractivity contribution < 1.29 is 24.2 Å². The summed E-state index contributed by atoms with van der Waals surface area (Å²) in [5, 5.41) is 13.9. The van der Waals surface area contributed by atoms with Crippen molar-refractivity contribution in [3.05, 3.63) is 0 Å². The lowest BCUT2D eigenvalue weighted by molar-refractivity contribution is -0.145. The molecule has 2 unspecified atom stereocenters. The number of urea groups is 1. The van der Waals surface area contributed by atoms with Crippen molar-refractivity contribution in [2.75, 3.05) is 6.61 Å². The van der Waals surface area contributed by atoms with E-state index in [1.807, 2.05) is 20.8 Å². The molecule has 0 aromatic heterocycles. The van der Waals surface area contributed by atoms with E-state index in [9.17, 15) is 14.4 Å². The van der Waals surface area contributed by atoms with Gasteiger partial charge in [-0.3, -0.25) is 4.79 Å². The molecule has 7 heteroatoms. The van der Waals surface area contributed by atoms with Crippen LogP contribution in [0.25, 0.3) is 0 Å². The Kier molecular flexibility index (Phi) is 7.02. The molecule has 0 bridgehead atoms. The average Bonchev–Trinajstić information content (AvgIpc) is 2.26. The topological polar surface area (TPSA) is 105 Å². The van der Waals surface area contributed by atoms with Crippen LogP contribution in [0.4, 0.5) is 4.79 Å². The van der Waals surface area contributed by atoms with E-state index >= 15 is 0 Å². The van der Waals surface area contributed by atoms with Gasteiger partial charge in [-0.2, -0.15) is 0 Å². The molecule has 0 aliphatic rings. The number of hydrogen-bond donors (Lipinski definition) is 3. The number of aliphatic carboxylic acids is 1. The summed E-state index contributed by atoms with van der Waals surface area (Å²) in [5.74, 6) is -1.53. The first-order valence-electron chi connectivity index (χ1n) is 6.53. The summed E-state index contributed by atoms with van der Waals surface area (Å²) in [5.41, 5.74) is -0.414. The summed E-state index contributed by atoms with van der Waals surface area (Å²) >= 11 is 0. The monoisotopic (exact) mass is 288 g/mol. The Balaban J connectivity index is 4.54. The number of carboxylic acids is 1. The number of rotatable bonds is 6. The zero-order chi connectivity index (χ0) is 15.9. The number of hydrogen-bond acceptors (Lipinski definition) is 4. The van der Waals surface area contributed by atoms with Crippen LogP contribution in [0.3, 0.4) is 0 Å². The van der Waals surface area contributed by atoms with Gasteiger partial charge < -0.3 is 20.5 Å². The Labute approximate surface area is 119 Å². The van der Waals surface area contributed by atoms with Crippen LogP contribution in [0.2, 0.25) is 0 Å². The van der Waals surface area contributed by atoms with Crippen molar-refractivity contribution in [2.24, 2.45) is 5.41 Å². The minimum Gasteiger partial charge on any atom is -0.481 e. The molecule has 0 saturated heterocycles. The molecule has 116 valence electrons. The Morgan fingerprint density at radius 3 is 2.15 bits per heavy atom. The van der Waals surface area contributed by atoms with Gasteiger partial charge in [0.1, 0.15) is 6.04 Å². The molecule has 0 heterocycles. The van der Waals surface area contributed by atoms with Crippen LogP contribution in [0.1, 0.15) is 41.0 Å². The van der Waals surface area contributed by atoms with Crippen molar-refractivity contribution in [3.63, 3.8) is 0 Å². The lowest BCUT2D eigenvalue weighted by atomic mass is 9.85. The van der Waals surface area contributed by atoms with E-state index in [2.05, 4.69) is 10.6 Å². The van der Waals surface area contributed by atoms with Gasteiger partial charge in [0.25, 0.3) is 0 Å². The first-order valence-corrected chi connectivity index (χ1v) is 6.53. The summed E-state index contributed by atoms with van der Waals surface area (Å²) < 4.78 is 4.77. The molecular formula is C13H24N2O5. The number of amides is 2. The molecule has 20 heavy (non-hydrogen) atoms. The largest absolute Gasteiger partial charge is 0.481 e. The Hall–Kier alpha value is -1.79. The van der Waals surface area contributed by atoms with Crippen LogP contribution in [0.5, 0.6) is 0 Å². The van der Waals surface area contributed by atoms with Gasteiger partial charge >= 0.3 is 18.0 Å². The highest BCUT2D eigenvalue weighted by Crippen LogP contribution is 2.21. The second-order valence-electron chi connectivity index (χ2n) is 5.61. The van der Waals surface area contributed by atoms with Crippen molar-refractivity contribution in [1.82, 2.24) is 10.6 Å². The zero-order valence-electron chi connectivity index (χ0n) is 12.6. The van der Waals surface area contributed by atoms with E-state index in [0.717, 1.165) is 0 Å². The number of carbonyl (C=O) groups is 3. The maximum Gasteiger partial charge on any atom is 0.328 e. The summed E-state index contributed by atoms with van der Waals surface area (Å²) in [6.07, 6.45) is -0.190. The van der Waals surface area contributed by atoms with Crippen molar-refractivity contribution >= 4 is 18.0 Å². The third-order valence-corrected chi connectivity index (χ3v) is 2.72. The fourth-order valence-corrected chi connectivity index (χ4v) is 1.47. The van der Waals surface area contributed by atoms with Crippen LogP contribution in [0.15, 0.2) is 0 Å². The Morgan fingerprint density at radius 2 is 1.75 bits per heavy atom. The van der Waals surface area contributed by atoms with E-state index in [0.29, 0.717) is 0 Å². The highest BCUT2D eigenvalue weighted by molar-refractivity contribution is 5.83. The van der Waals surface area contributed by atoms with Crippen LogP contribution in [-0.4, -0.2) is 41.8 Å². The lowest BCUT2D eigenvalue weighted by Crippen LogP contribution is -2.52. The summed E-state index contributed by atoms with van der Waals surface area (Å²) in [7, 11) is 0. The third kappa shape index (κ3) is 6.96. The molecular weight excluding hydrogens is 264 g/mol. The highest BCUT2D eigenvalue weighted by Gasteiger charge is 2.29. The standard InChI is InChI=1S/C13H24N2O5/c1-6-20-11(18)8(2)14-12(19)15-9(7-10(16)17)13(3,4)5/h8-9H,6-7H2,1-5H3,(H,16,17)(H2,14,15,19). The van der Waals surface area contributed by atoms with E-state index in [4.69, 9.17) is 9.84 Å². The van der Waals surface area contributed by atoms with E-state index in [1.165, 1.54) is 6.92 Å². The van der Waals surface area contributed by atoms with Gasteiger partial charge in [0.15, 0.2) is 0 Å². The minimum absolute atomic E-state index is 0.190. The maximum absolute atomic E-state index is 11.8. The fraction of sp³-hybridized carbons (Fsp3) is 0.769. The van der Waals surface area contributed by atoms with Crippen molar-refractivity contribution in [1.29, 1.82) is 0 Å². The molecule has 0 saturated carbocycles. The minimum atomic E-state index is -0.997. The Morgan fingerprint density at radius 1 is 1.20 bits per heavy atom. The second kappa shape index (κ2) is 7.72. The van der Waals surface area contributed by atoms with Gasteiger partial charge in [-0.05, 0) is 19.3 Å². The van der Waals surface area contributed by atoms with E-state index in [1.54, 1.807) is 6.92 Å². The van der Waals surface area contributed by atoms with Gasteiger partial charge in [0.05, 0.1) is 13.0 Å². The SMILES string of the molecule is CCOC(=O)C(C)NC(=O)NC(CC(=O)O)C(C)(C)C. The molecule has 7 nitrogen and oxygen atoms in total. The van der Waals surface area contributed by atoms with Crippen molar-refractivity contribution in [2.45, 2.75) is 53.1 Å². The molecule has 0 aliphatic carbocycles. The maximum atomic E-state index is 11.8. The van der Waals surface area contributed by atoms with Gasteiger partial charge in [-0.15, -0.1) is 0 Å². The summed E-state index contributed by atoms with van der Waals surface area (Å²) in [6.45, 7) is 8.89. The summed E-state index contributed by atoms with van der Waals surface area (Å²) in [6, 6.07) is -1.93. The zero-order valence-corrected chi connectivity index (χ0v) is 12.6. The average molecular weight is 288 g/mol. The van der Waals surface area contributed by atoms with Crippen LogP contribution in [-0.2, 0) is 14.3 Å². The molecule has 0 aromatic carbocycles. The predicted molar refractivity (Wildman–Crippen MR) is 73.3 cm³/mol. The van der Waals surface area contributed by atoms with Gasteiger partial charge in [0, 0.05) is 6.04 Å². The number of esters is 1. The third-order valence-electron chi connectivity index (χ3n) is 2.72. The number of nitrogens with one attached hydrogen (secondary N) is 2. The normalized spacial score (nSPS) is 14.1. The molecule has 0 aliphatic heterocycles. The first kappa shape index (κ1) is 18.2. The number of carbonyl (C=O) groups excluding carboxylic acids is 2. The van der Waals surface area contributed by atoms with Crippen LogP contribution >= 0.6 is 0 Å². The quantitative estimate of drug-likeness (QED) is 0.635. The number of carboxylic acid groups (broad SMARTS) is 1. The fourth-order valence-electron chi connectivity index (χ4n) is 1.47. The molecule has 0 fully saturated rings. The highest BCUT2D eigenvalue weighted by atomic mass is 16.5. The smallest absolute Gasteiger partial charge is 0.328 e. The summed E-state index contributed by atoms with van der Waals surface area (Å²) in [4.78, 5) is 34.0. The molecule has 2 amide bonds. The Bertz CT molecular complexity index is 362.